The molecule has 20 heavy (non-hydrogen) atoms. The van der Waals surface area contributed by atoms with Crippen molar-refractivity contribution >= 4 is 23.6 Å². The van der Waals surface area contributed by atoms with E-state index < -0.39 is 5.82 Å². The van der Waals surface area contributed by atoms with E-state index in [2.05, 4.69) is 0 Å². The molecule has 1 amide bonds. The molecule has 2 rings (SSSR count). The van der Waals surface area contributed by atoms with Crippen LogP contribution in [0.25, 0.3) is 6.08 Å². The van der Waals surface area contributed by atoms with Gasteiger partial charge in [0.05, 0.1) is 11.1 Å². The molecule has 0 bridgehead atoms. The zero-order valence-corrected chi connectivity index (χ0v) is 12.0. The second-order valence-corrected chi connectivity index (χ2v) is 5.59. The largest absolute Gasteiger partial charge is 0.393 e. The molecule has 1 aromatic rings. The minimum Gasteiger partial charge on any atom is -0.393 e. The van der Waals surface area contributed by atoms with Gasteiger partial charge in [0.15, 0.2) is 0 Å². The van der Waals surface area contributed by atoms with Crippen molar-refractivity contribution in [3.05, 3.63) is 40.7 Å². The van der Waals surface area contributed by atoms with Crippen LogP contribution in [0.5, 0.6) is 0 Å². The Morgan fingerprint density at radius 1 is 1.55 bits per heavy atom. The highest BCUT2D eigenvalue weighted by Crippen LogP contribution is 2.27. The summed E-state index contributed by atoms with van der Waals surface area (Å²) in [5.41, 5.74) is 0.218. The van der Waals surface area contributed by atoms with Crippen molar-refractivity contribution in [1.82, 2.24) is 4.90 Å². The zero-order chi connectivity index (χ0) is 14.7. The van der Waals surface area contributed by atoms with Gasteiger partial charge in [0, 0.05) is 25.2 Å². The summed E-state index contributed by atoms with van der Waals surface area (Å²) in [5.74, 6) is -0.304. The van der Waals surface area contributed by atoms with Crippen LogP contribution in [0.2, 0.25) is 5.02 Å². The lowest BCUT2D eigenvalue weighted by atomic mass is 9.82. The first kappa shape index (κ1) is 15.0. The summed E-state index contributed by atoms with van der Waals surface area (Å²) in [7, 11) is 1.69. The first-order chi connectivity index (χ1) is 9.47. The number of halogens is 2. The second-order valence-electron chi connectivity index (χ2n) is 5.18. The van der Waals surface area contributed by atoms with Crippen LogP contribution in [0.15, 0.2) is 24.3 Å². The standard InChI is InChI=1S/C15H17ClFNO2/c1-18(9-10-7-11(19)8-10)15(20)6-5-12-13(16)3-2-4-14(12)17/h2-6,10-11,19H,7-9H2,1H3. The first-order valence-corrected chi connectivity index (χ1v) is 6.90. The van der Waals surface area contributed by atoms with Gasteiger partial charge in [-0.3, -0.25) is 4.79 Å². The molecular formula is C15H17ClFNO2. The molecule has 0 heterocycles. The SMILES string of the molecule is CN(CC1CC(O)C1)C(=O)C=Cc1c(F)cccc1Cl. The van der Waals surface area contributed by atoms with Gasteiger partial charge in [-0.15, -0.1) is 0 Å². The number of aliphatic hydroxyl groups excluding tert-OH is 1. The maximum atomic E-state index is 13.5. The van der Waals surface area contributed by atoms with Crippen molar-refractivity contribution in [3.63, 3.8) is 0 Å². The molecule has 0 saturated heterocycles. The van der Waals surface area contributed by atoms with Gasteiger partial charge in [-0.25, -0.2) is 4.39 Å². The summed E-state index contributed by atoms with van der Waals surface area (Å²) in [5, 5.41) is 9.49. The molecule has 0 aliphatic heterocycles. The monoisotopic (exact) mass is 297 g/mol. The zero-order valence-electron chi connectivity index (χ0n) is 11.2. The third-order valence-electron chi connectivity index (χ3n) is 3.51. The lowest BCUT2D eigenvalue weighted by molar-refractivity contribution is -0.126. The molecule has 5 heteroatoms. The Balaban J connectivity index is 1.94. The number of benzene rings is 1. The summed E-state index contributed by atoms with van der Waals surface area (Å²) < 4.78 is 13.5. The van der Waals surface area contributed by atoms with E-state index in [-0.39, 0.29) is 22.6 Å². The van der Waals surface area contributed by atoms with Crippen molar-refractivity contribution in [2.24, 2.45) is 5.92 Å². The number of nitrogens with zero attached hydrogens (tertiary/aromatic N) is 1. The average Bonchev–Trinajstić information content (AvgIpc) is 2.36. The highest BCUT2D eigenvalue weighted by atomic mass is 35.5. The highest BCUT2D eigenvalue weighted by Gasteiger charge is 2.28. The Bertz CT molecular complexity index is 506. The Kier molecular flexibility index (Phi) is 4.78. The Labute approximate surface area is 122 Å². The van der Waals surface area contributed by atoms with Crippen LogP contribution in [0.1, 0.15) is 18.4 Å². The topological polar surface area (TPSA) is 40.5 Å². The van der Waals surface area contributed by atoms with Crippen molar-refractivity contribution in [2.75, 3.05) is 13.6 Å². The summed E-state index contributed by atoms with van der Waals surface area (Å²) in [6, 6.07) is 4.40. The van der Waals surface area contributed by atoms with E-state index >= 15 is 0 Å². The van der Waals surface area contributed by atoms with Crippen LogP contribution in [0, 0.1) is 11.7 Å². The maximum Gasteiger partial charge on any atom is 0.246 e. The fraction of sp³-hybridized carbons (Fsp3) is 0.400. The van der Waals surface area contributed by atoms with Crippen LogP contribution in [-0.4, -0.2) is 35.6 Å². The minimum absolute atomic E-state index is 0.203. The highest BCUT2D eigenvalue weighted by molar-refractivity contribution is 6.32. The van der Waals surface area contributed by atoms with Gasteiger partial charge in [0.2, 0.25) is 5.91 Å². The van der Waals surface area contributed by atoms with Gasteiger partial charge in [0.25, 0.3) is 0 Å². The Morgan fingerprint density at radius 3 is 2.85 bits per heavy atom. The molecule has 1 fully saturated rings. The summed E-state index contributed by atoms with van der Waals surface area (Å²) in [4.78, 5) is 13.5. The quantitative estimate of drug-likeness (QED) is 0.868. The van der Waals surface area contributed by atoms with Gasteiger partial charge < -0.3 is 10.0 Å². The molecule has 3 nitrogen and oxygen atoms in total. The number of carbonyl (C=O) groups is 1. The molecule has 0 atom stereocenters. The number of likely N-dealkylation sites (N-methyl/N-ethyl adjacent to an activating group) is 1. The molecule has 0 aromatic heterocycles. The maximum absolute atomic E-state index is 13.5. The molecule has 108 valence electrons. The third-order valence-corrected chi connectivity index (χ3v) is 3.84. The predicted octanol–water partition coefficient (Wildman–Crippen LogP) is 2.72. The fourth-order valence-corrected chi connectivity index (χ4v) is 2.50. The molecule has 0 unspecified atom stereocenters. The average molecular weight is 298 g/mol. The molecule has 0 radical (unpaired) electrons. The van der Waals surface area contributed by atoms with Crippen LogP contribution in [0.3, 0.4) is 0 Å². The number of amides is 1. The summed E-state index contributed by atoms with van der Waals surface area (Å²) in [6.07, 6.45) is 3.96. The first-order valence-electron chi connectivity index (χ1n) is 6.52. The van der Waals surface area contributed by atoms with E-state index in [1.807, 2.05) is 0 Å². The predicted molar refractivity (Wildman–Crippen MR) is 76.8 cm³/mol. The molecule has 1 aromatic carbocycles. The van der Waals surface area contributed by atoms with E-state index in [4.69, 9.17) is 11.6 Å². The second kappa shape index (κ2) is 6.37. The third kappa shape index (κ3) is 3.58. The van der Waals surface area contributed by atoms with Crippen LogP contribution >= 0.6 is 11.6 Å². The van der Waals surface area contributed by atoms with E-state index in [0.29, 0.717) is 12.5 Å². The number of carbonyl (C=O) groups excluding carboxylic acids is 1. The van der Waals surface area contributed by atoms with Gasteiger partial charge in [0.1, 0.15) is 5.82 Å². The van der Waals surface area contributed by atoms with E-state index in [1.54, 1.807) is 18.0 Å². The number of aliphatic hydroxyl groups is 1. The molecule has 1 N–H and O–H groups in total. The molecule has 1 aliphatic carbocycles. The van der Waals surface area contributed by atoms with Gasteiger partial charge in [-0.2, -0.15) is 0 Å². The summed E-state index contributed by atoms with van der Waals surface area (Å²) >= 11 is 5.88. The Hall–Kier alpha value is -1.39. The number of hydrogen-bond donors (Lipinski definition) is 1. The molecule has 1 saturated carbocycles. The molecule has 0 spiro atoms. The van der Waals surface area contributed by atoms with Crippen molar-refractivity contribution in [1.29, 1.82) is 0 Å². The van der Waals surface area contributed by atoms with Crippen molar-refractivity contribution in [3.8, 4) is 0 Å². The Morgan fingerprint density at radius 2 is 2.25 bits per heavy atom. The van der Waals surface area contributed by atoms with Gasteiger partial charge in [-0.1, -0.05) is 17.7 Å². The number of hydrogen-bond acceptors (Lipinski definition) is 2. The van der Waals surface area contributed by atoms with E-state index in [9.17, 15) is 14.3 Å². The summed E-state index contributed by atoms with van der Waals surface area (Å²) in [6.45, 7) is 0.602. The minimum atomic E-state index is -0.452. The van der Waals surface area contributed by atoms with Crippen LogP contribution in [-0.2, 0) is 4.79 Å². The lowest BCUT2D eigenvalue weighted by Crippen LogP contribution is -2.39. The molecular weight excluding hydrogens is 281 g/mol. The van der Waals surface area contributed by atoms with Crippen LogP contribution in [0.4, 0.5) is 4.39 Å². The van der Waals surface area contributed by atoms with Gasteiger partial charge in [-0.05, 0) is 37.0 Å². The van der Waals surface area contributed by atoms with E-state index in [0.717, 1.165) is 12.8 Å². The van der Waals surface area contributed by atoms with Gasteiger partial charge >= 0.3 is 0 Å². The van der Waals surface area contributed by atoms with E-state index in [1.165, 1.54) is 24.3 Å². The molecule has 1 aliphatic rings. The number of rotatable bonds is 4. The van der Waals surface area contributed by atoms with Crippen LogP contribution < -0.4 is 0 Å². The smallest absolute Gasteiger partial charge is 0.246 e. The normalized spacial score (nSPS) is 21.8. The lowest BCUT2D eigenvalue weighted by Gasteiger charge is -2.34. The fourth-order valence-electron chi connectivity index (χ4n) is 2.28. The van der Waals surface area contributed by atoms with Crippen molar-refractivity contribution < 1.29 is 14.3 Å². The van der Waals surface area contributed by atoms with Crippen molar-refractivity contribution in [2.45, 2.75) is 18.9 Å².